The van der Waals surface area contributed by atoms with Gasteiger partial charge in [-0.25, -0.2) is 0 Å². The summed E-state index contributed by atoms with van der Waals surface area (Å²) in [5.74, 6) is 0. The van der Waals surface area contributed by atoms with E-state index in [-0.39, 0.29) is 11.5 Å². The van der Waals surface area contributed by atoms with Crippen LogP contribution < -0.4 is 0 Å². The number of hydrogen-bond acceptors (Lipinski definition) is 3. The zero-order valence-corrected chi connectivity index (χ0v) is 12.2. The van der Waals surface area contributed by atoms with E-state index in [1.54, 1.807) is 36.4 Å². The molecule has 1 aromatic rings. The third-order valence-corrected chi connectivity index (χ3v) is 3.76. The van der Waals surface area contributed by atoms with Gasteiger partial charge in [0.15, 0.2) is 0 Å². The molecule has 0 radical (unpaired) electrons. The summed E-state index contributed by atoms with van der Waals surface area (Å²) in [7, 11) is -3.65. The number of unbranched alkanes of at least 4 members (excludes halogenated alkanes) is 1. The number of allylic oxidation sites excluding steroid dienone is 3. The highest BCUT2D eigenvalue weighted by Gasteiger charge is 2.13. The van der Waals surface area contributed by atoms with Crippen molar-refractivity contribution in [1.29, 1.82) is 0 Å². The quantitative estimate of drug-likeness (QED) is 0.566. The van der Waals surface area contributed by atoms with Gasteiger partial charge < -0.3 is 0 Å². The van der Waals surface area contributed by atoms with E-state index >= 15 is 0 Å². The Morgan fingerprint density at radius 3 is 2.37 bits per heavy atom. The van der Waals surface area contributed by atoms with Gasteiger partial charge in [0.05, 0.1) is 11.5 Å². The summed E-state index contributed by atoms with van der Waals surface area (Å²) in [4.78, 5) is 0.188. The second-order valence-electron chi connectivity index (χ2n) is 4.20. The smallest absolute Gasteiger partial charge is 0.262 e. The van der Waals surface area contributed by atoms with E-state index in [4.69, 9.17) is 4.18 Å². The van der Waals surface area contributed by atoms with Gasteiger partial charge in [0.1, 0.15) is 0 Å². The summed E-state index contributed by atoms with van der Waals surface area (Å²) in [5.41, 5.74) is 1.01. The zero-order valence-electron chi connectivity index (χ0n) is 11.4. The molecule has 104 valence electrons. The first-order valence-corrected chi connectivity index (χ1v) is 7.75. The van der Waals surface area contributed by atoms with Crippen LogP contribution in [0.5, 0.6) is 0 Å². The summed E-state index contributed by atoms with van der Waals surface area (Å²) in [6.07, 6.45) is 9.52. The Kier molecular flexibility index (Phi) is 6.53. The third kappa shape index (κ3) is 5.85. The first kappa shape index (κ1) is 15.7. The molecule has 0 saturated heterocycles. The minimum atomic E-state index is -3.65. The highest BCUT2D eigenvalue weighted by molar-refractivity contribution is 7.86. The van der Waals surface area contributed by atoms with Crippen LogP contribution in [0.1, 0.15) is 25.3 Å². The minimum Gasteiger partial charge on any atom is -0.262 e. The Bertz CT molecular complexity index is 525. The van der Waals surface area contributed by atoms with E-state index in [0.29, 0.717) is 0 Å². The van der Waals surface area contributed by atoms with Gasteiger partial charge in [-0.3, -0.25) is 4.18 Å². The van der Waals surface area contributed by atoms with Gasteiger partial charge in [-0.15, -0.1) is 0 Å². The van der Waals surface area contributed by atoms with Crippen LogP contribution in [0.15, 0.2) is 53.5 Å². The molecule has 0 saturated carbocycles. The normalized spacial score (nSPS) is 12.5. The molecule has 0 heterocycles. The SMILES string of the molecule is CCC/C=C/C=C/COS(=O)(=O)c1ccc(C)cc1. The second kappa shape index (κ2) is 7.92. The molecule has 0 atom stereocenters. The molecule has 19 heavy (non-hydrogen) atoms. The van der Waals surface area contributed by atoms with Crippen LogP contribution in [0.4, 0.5) is 0 Å². The maximum absolute atomic E-state index is 11.8. The number of aryl methyl sites for hydroxylation is 1. The predicted octanol–water partition coefficient (Wildman–Crippen LogP) is 3.61. The van der Waals surface area contributed by atoms with Crippen LogP contribution in [-0.4, -0.2) is 15.0 Å². The summed E-state index contributed by atoms with van der Waals surface area (Å²) >= 11 is 0. The second-order valence-corrected chi connectivity index (χ2v) is 5.81. The fourth-order valence-electron chi connectivity index (χ4n) is 1.38. The first-order valence-electron chi connectivity index (χ1n) is 6.34. The molecular weight excluding hydrogens is 260 g/mol. The van der Waals surface area contributed by atoms with E-state index in [2.05, 4.69) is 6.92 Å². The van der Waals surface area contributed by atoms with Gasteiger partial charge in [-0.1, -0.05) is 55.3 Å². The van der Waals surface area contributed by atoms with Gasteiger partial charge in [-0.05, 0) is 25.5 Å². The molecule has 0 aromatic heterocycles. The molecule has 0 bridgehead atoms. The Hall–Kier alpha value is -1.39. The van der Waals surface area contributed by atoms with Crippen LogP contribution in [-0.2, 0) is 14.3 Å². The van der Waals surface area contributed by atoms with Crippen molar-refractivity contribution in [1.82, 2.24) is 0 Å². The Labute approximate surface area is 115 Å². The predicted molar refractivity (Wildman–Crippen MR) is 77.5 cm³/mol. The lowest BCUT2D eigenvalue weighted by Gasteiger charge is -2.03. The Balaban J connectivity index is 2.50. The van der Waals surface area contributed by atoms with E-state index < -0.39 is 10.1 Å². The highest BCUT2D eigenvalue weighted by Crippen LogP contribution is 2.12. The van der Waals surface area contributed by atoms with E-state index in [0.717, 1.165) is 18.4 Å². The molecule has 0 fully saturated rings. The summed E-state index contributed by atoms with van der Waals surface area (Å²) in [5, 5.41) is 0. The fraction of sp³-hybridized carbons (Fsp3) is 0.333. The van der Waals surface area contributed by atoms with Gasteiger partial charge >= 0.3 is 0 Å². The minimum absolute atomic E-state index is 0.0483. The lowest BCUT2D eigenvalue weighted by Crippen LogP contribution is -2.06. The molecular formula is C15H20O3S. The van der Waals surface area contributed by atoms with Crippen molar-refractivity contribution in [3.05, 3.63) is 54.1 Å². The molecule has 0 aliphatic carbocycles. The molecule has 0 aliphatic rings. The number of benzene rings is 1. The summed E-state index contributed by atoms with van der Waals surface area (Å²) in [6.45, 7) is 4.06. The molecule has 0 aliphatic heterocycles. The van der Waals surface area contributed by atoms with Crippen molar-refractivity contribution in [3.63, 3.8) is 0 Å². The number of rotatable bonds is 7. The van der Waals surface area contributed by atoms with Crippen LogP contribution >= 0.6 is 0 Å². The average Bonchev–Trinajstić information content (AvgIpc) is 2.38. The Morgan fingerprint density at radius 1 is 1.11 bits per heavy atom. The van der Waals surface area contributed by atoms with Crippen molar-refractivity contribution in [2.24, 2.45) is 0 Å². The standard InChI is InChI=1S/C15H20O3S/c1-3-4-5-6-7-8-13-18-19(16,17)15-11-9-14(2)10-12-15/h5-12H,3-4,13H2,1-2H3/b6-5+,8-7+. The fourth-order valence-corrected chi connectivity index (χ4v) is 2.24. The largest absolute Gasteiger partial charge is 0.297 e. The van der Waals surface area contributed by atoms with Gasteiger partial charge in [-0.2, -0.15) is 8.42 Å². The first-order chi connectivity index (χ1) is 9.06. The molecule has 0 spiro atoms. The molecule has 1 rings (SSSR count). The van der Waals surface area contributed by atoms with Crippen molar-refractivity contribution in [2.75, 3.05) is 6.61 Å². The molecule has 4 heteroatoms. The maximum atomic E-state index is 11.8. The van der Waals surface area contributed by atoms with E-state index in [1.807, 2.05) is 19.1 Å². The van der Waals surface area contributed by atoms with Crippen LogP contribution in [0.25, 0.3) is 0 Å². The van der Waals surface area contributed by atoms with Crippen LogP contribution in [0, 0.1) is 6.92 Å². The molecule has 0 N–H and O–H groups in total. The molecule has 0 unspecified atom stereocenters. The van der Waals surface area contributed by atoms with Gasteiger partial charge in [0, 0.05) is 0 Å². The van der Waals surface area contributed by atoms with Crippen molar-refractivity contribution in [2.45, 2.75) is 31.6 Å². The zero-order chi connectivity index (χ0) is 14.1. The van der Waals surface area contributed by atoms with Crippen LogP contribution in [0.2, 0.25) is 0 Å². The van der Waals surface area contributed by atoms with Crippen molar-refractivity contribution < 1.29 is 12.6 Å². The number of hydrogen-bond donors (Lipinski definition) is 0. The average molecular weight is 280 g/mol. The van der Waals surface area contributed by atoms with E-state index in [1.165, 1.54) is 0 Å². The lowest BCUT2D eigenvalue weighted by atomic mass is 10.2. The molecule has 1 aromatic carbocycles. The van der Waals surface area contributed by atoms with Gasteiger partial charge in [0.25, 0.3) is 10.1 Å². The monoisotopic (exact) mass is 280 g/mol. The lowest BCUT2D eigenvalue weighted by molar-refractivity contribution is 0.357. The highest BCUT2D eigenvalue weighted by atomic mass is 32.2. The van der Waals surface area contributed by atoms with E-state index in [9.17, 15) is 8.42 Å². The van der Waals surface area contributed by atoms with Gasteiger partial charge in [0.2, 0.25) is 0 Å². The third-order valence-electron chi connectivity index (χ3n) is 2.47. The Morgan fingerprint density at radius 2 is 1.74 bits per heavy atom. The maximum Gasteiger partial charge on any atom is 0.297 e. The topological polar surface area (TPSA) is 43.4 Å². The molecule has 3 nitrogen and oxygen atoms in total. The van der Waals surface area contributed by atoms with Crippen molar-refractivity contribution in [3.8, 4) is 0 Å². The molecule has 0 amide bonds. The summed E-state index contributed by atoms with van der Waals surface area (Å²) < 4.78 is 28.5. The summed E-state index contributed by atoms with van der Waals surface area (Å²) in [6, 6.07) is 6.60. The van der Waals surface area contributed by atoms with Crippen LogP contribution in [0.3, 0.4) is 0 Å². The van der Waals surface area contributed by atoms with Crippen molar-refractivity contribution >= 4 is 10.1 Å².